The van der Waals surface area contributed by atoms with Gasteiger partial charge in [0.05, 0.1) is 17.3 Å². The third kappa shape index (κ3) is 4.40. The van der Waals surface area contributed by atoms with Gasteiger partial charge < -0.3 is 9.42 Å². The Bertz CT molecular complexity index is 1440. The number of carbonyl (C=O) groups excluding carboxylic acids is 1. The molecule has 10 heteroatoms. The standard InChI is InChI=1S/C24H24N6O4/c1-16-6-8-17(9-7-16)22-25-20(34-27-22)14-28-10-12-29(13-11-28)21(31)15-30-24(33)19-5-3-2-4-18(19)23(32)26-30/h2-9H,10-15H2,1H3,(H,26,32). The highest BCUT2D eigenvalue weighted by Crippen LogP contribution is 2.17. The third-order valence-corrected chi connectivity index (χ3v) is 6.04. The predicted octanol–water partition coefficient (Wildman–Crippen LogP) is 1.39. The third-order valence-electron chi connectivity index (χ3n) is 6.04. The van der Waals surface area contributed by atoms with Crippen molar-refractivity contribution in [3.8, 4) is 11.4 Å². The number of hydrogen-bond donors (Lipinski definition) is 1. The van der Waals surface area contributed by atoms with E-state index in [-0.39, 0.29) is 18.0 Å². The summed E-state index contributed by atoms with van der Waals surface area (Å²) in [6.07, 6.45) is 0. The van der Waals surface area contributed by atoms with E-state index >= 15 is 0 Å². The molecule has 34 heavy (non-hydrogen) atoms. The van der Waals surface area contributed by atoms with E-state index in [9.17, 15) is 14.4 Å². The van der Waals surface area contributed by atoms with E-state index in [0.29, 0.717) is 55.2 Å². The number of piperazine rings is 1. The van der Waals surface area contributed by atoms with E-state index in [4.69, 9.17) is 4.52 Å². The van der Waals surface area contributed by atoms with Gasteiger partial charge in [0.25, 0.3) is 11.1 Å². The summed E-state index contributed by atoms with van der Waals surface area (Å²) >= 11 is 0. The summed E-state index contributed by atoms with van der Waals surface area (Å²) in [5.74, 6) is 0.862. The van der Waals surface area contributed by atoms with Gasteiger partial charge in [-0.05, 0) is 19.1 Å². The van der Waals surface area contributed by atoms with Gasteiger partial charge in [-0.1, -0.05) is 47.1 Å². The normalized spacial score (nSPS) is 14.6. The zero-order valence-corrected chi connectivity index (χ0v) is 18.7. The van der Waals surface area contributed by atoms with Gasteiger partial charge in [0.1, 0.15) is 6.54 Å². The van der Waals surface area contributed by atoms with E-state index in [2.05, 4.69) is 20.1 Å². The largest absolute Gasteiger partial charge is 0.339 e. The van der Waals surface area contributed by atoms with Crippen molar-refractivity contribution in [2.45, 2.75) is 20.0 Å². The highest BCUT2D eigenvalue weighted by molar-refractivity contribution is 5.81. The minimum Gasteiger partial charge on any atom is -0.339 e. The maximum atomic E-state index is 12.8. The number of aromatic amines is 1. The zero-order chi connectivity index (χ0) is 23.7. The van der Waals surface area contributed by atoms with Crippen LogP contribution in [-0.2, 0) is 17.9 Å². The summed E-state index contributed by atoms with van der Waals surface area (Å²) in [4.78, 5) is 46.1. The van der Waals surface area contributed by atoms with Crippen LogP contribution >= 0.6 is 0 Å². The molecule has 4 aromatic rings. The van der Waals surface area contributed by atoms with Crippen LogP contribution in [0.2, 0.25) is 0 Å². The van der Waals surface area contributed by atoms with Gasteiger partial charge in [-0.2, -0.15) is 4.98 Å². The lowest BCUT2D eigenvalue weighted by molar-refractivity contribution is -0.134. The van der Waals surface area contributed by atoms with E-state index in [0.717, 1.165) is 15.8 Å². The lowest BCUT2D eigenvalue weighted by atomic mass is 10.1. The Labute approximate surface area is 194 Å². The number of amides is 1. The Hall–Kier alpha value is -4.05. The minimum atomic E-state index is -0.391. The first-order valence-corrected chi connectivity index (χ1v) is 11.1. The van der Waals surface area contributed by atoms with Gasteiger partial charge >= 0.3 is 0 Å². The van der Waals surface area contributed by atoms with E-state index in [1.165, 1.54) is 0 Å². The molecule has 0 spiro atoms. The maximum Gasteiger partial charge on any atom is 0.273 e. The summed E-state index contributed by atoms with van der Waals surface area (Å²) in [6.45, 7) is 4.60. The van der Waals surface area contributed by atoms with Gasteiger partial charge in [0.2, 0.25) is 17.6 Å². The molecule has 1 amide bonds. The van der Waals surface area contributed by atoms with Crippen LogP contribution < -0.4 is 11.1 Å². The summed E-state index contributed by atoms with van der Waals surface area (Å²) < 4.78 is 6.50. The second-order valence-electron chi connectivity index (χ2n) is 8.41. The van der Waals surface area contributed by atoms with Crippen LogP contribution in [0.1, 0.15) is 11.5 Å². The molecule has 0 aliphatic carbocycles. The Balaban J connectivity index is 1.19. The summed E-state index contributed by atoms with van der Waals surface area (Å²) in [6, 6.07) is 14.5. The van der Waals surface area contributed by atoms with Crippen LogP contribution in [0.3, 0.4) is 0 Å². The first kappa shape index (κ1) is 21.8. The van der Waals surface area contributed by atoms with Gasteiger partial charge in [0, 0.05) is 31.7 Å². The van der Waals surface area contributed by atoms with Crippen molar-refractivity contribution in [2.24, 2.45) is 0 Å². The summed E-state index contributed by atoms with van der Waals surface area (Å²) in [7, 11) is 0. The van der Waals surface area contributed by atoms with Crippen molar-refractivity contribution in [1.29, 1.82) is 0 Å². The van der Waals surface area contributed by atoms with Gasteiger partial charge in [0.15, 0.2) is 0 Å². The molecule has 174 valence electrons. The van der Waals surface area contributed by atoms with Crippen LogP contribution in [0, 0.1) is 6.92 Å². The molecule has 1 saturated heterocycles. The molecule has 5 rings (SSSR count). The average Bonchev–Trinajstić information content (AvgIpc) is 3.31. The maximum absolute atomic E-state index is 12.8. The highest BCUT2D eigenvalue weighted by atomic mass is 16.5. The Morgan fingerprint density at radius 2 is 1.71 bits per heavy atom. The number of rotatable bonds is 5. The Kier molecular flexibility index (Phi) is 5.81. The van der Waals surface area contributed by atoms with Crippen LogP contribution in [-0.4, -0.2) is 61.8 Å². The van der Waals surface area contributed by atoms with E-state index < -0.39 is 5.56 Å². The van der Waals surface area contributed by atoms with Crippen molar-refractivity contribution in [3.63, 3.8) is 0 Å². The van der Waals surface area contributed by atoms with Crippen molar-refractivity contribution in [2.75, 3.05) is 26.2 Å². The molecule has 0 atom stereocenters. The van der Waals surface area contributed by atoms with Crippen LogP contribution in [0.5, 0.6) is 0 Å². The van der Waals surface area contributed by atoms with Crippen LogP contribution in [0.25, 0.3) is 22.2 Å². The lowest BCUT2D eigenvalue weighted by Crippen LogP contribution is -2.50. The molecule has 3 heterocycles. The number of H-pyrrole nitrogens is 1. The molecule has 10 nitrogen and oxygen atoms in total. The fourth-order valence-electron chi connectivity index (χ4n) is 4.08. The van der Waals surface area contributed by atoms with Crippen molar-refractivity contribution >= 4 is 16.7 Å². The molecular formula is C24H24N6O4. The quantitative estimate of drug-likeness (QED) is 0.478. The smallest absolute Gasteiger partial charge is 0.273 e. The highest BCUT2D eigenvalue weighted by Gasteiger charge is 2.23. The summed E-state index contributed by atoms with van der Waals surface area (Å²) in [5.41, 5.74) is 1.29. The molecule has 2 aromatic carbocycles. The number of nitrogens with zero attached hydrogens (tertiary/aromatic N) is 5. The van der Waals surface area contributed by atoms with E-state index in [1.54, 1.807) is 29.2 Å². The van der Waals surface area contributed by atoms with Gasteiger partial charge in [-0.15, -0.1) is 0 Å². The van der Waals surface area contributed by atoms with Gasteiger partial charge in [-0.25, -0.2) is 4.68 Å². The van der Waals surface area contributed by atoms with Gasteiger partial charge in [-0.3, -0.25) is 24.4 Å². The van der Waals surface area contributed by atoms with Crippen molar-refractivity contribution in [3.05, 3.63) is 80.7 Å². The SMILES string of the molecule is Cc1ccc(-c2noc(CN3CCN(C(=O)Cn4[nH]c(=O)c5ccccc5c4=O)CC3)n2)cc1. The molecular weight excluding hydrogens is 436 g/mol. The molecule has 2 aromatic heterocycles. The van der Waals surface area contributed by atoms with Crippen LogP contribution in [0.4, 0.5) is 0 Å². The second-order valence-corrected chi connectivity index (χ2v) is 8.41. The molecule has 0 saturated carbocycles. The van der Waals surface area contributed by atoms with Crippen LogP contribution in [0.15, 0.2) is 62.6 Å². The Morgan fingerprint density at radius 3 is 2.44 bits per heavy atom. The molecule has 0 unspecified atom stereocenters. The number of fused-ring (bicyclic) bond motifs is 1. The number of aryl methyl sites for hydroxylation is 1. The number of hydrogen-bond acceptors (Lipinski definition) is 7. The zero-order valence-electron chi connectivity index (χ0n) is 18.7. The summed E-state index contributed by atoms with van der Waals surface area (Å²) in [5, 5.41) is 7.20. The monoisotopic (exact) mass is 460 g/mol. The average molecular weight is 460 g/mol. The molecule has 1 aliphatic heterocycles. The lowest BCUT2D eigenvalue weighted by Gasteiger charge is -2.34. The van der Waals surface area contributed by atoms with Crippen molar-refractivity contribution < 1.29 is 9.32 Å². The fourth-order valence-corrected chi connectivity index (χ4v) is 4.08. The molecule has 0 radical (unpaired) electrons. The number of aromatic nitrogens is 4. The fraction of sp³-hybridized carbons (Fsp3) is 0.292. The first-order chi connectivity index (χ1) is 16.5. The number of nitrogens with one attached hydrogen (secondary N) is 1. The van der Waals surface area contributed by atoms with Crippen molar-refractivity contribution in [1.82, 2.24) is 29.7 Å². The molecule has 1 N–H and O–H groups in total. The molecule has 0 bridgehead atoms. The molecule has 1 fully saturated rings. The number of benzene rings is 2. The topological polar surface area (TPSA) is 117 Å². The second kappa shape index (κ2) is 9.06. The predicted molar refractivity (Wildman–Crippen MR) is 125 cm³/mol. The minimum absolute atomic E-state index is 0.206. The molecule has 1 aliphatic rings. The Morgan fingerprint density at radius 1 is 1.00 bits per heavy atom. The number of carbonyl (C=O) groups is 1. The van der Waals surface area contributed by atoms with E-state index in [1.807, 2.05) is 31.2 Å². The first-order valence-electron chi connectivity index (χ1n) is 11.1.